The number of anilines is 2. The Kier molecular flexibility index (Phi) is 6.50. The lowest BCUT2D eigenvalue weighted by Crippen LogP contribution is -2.45. The zero-order valence-corrected chi connectivity index (χ0v) is 21.2. The van der Waals surface area contributed by atoms with E-state index in [0.29, 0.717) is 40.1 Å². The van der Waals surface area contributed by atoms with Crippen LogP contribution in [0.2, 0.25) is 5.02 Å². The maximum absolute atomic E-state index is 12.7. The van der Waals surface area contributed by atoms with Crippen LogP contribution in [0.4, 0.5) is 11.1 Å². The van der Waals surface area contributed by atoms with Crippen molar-refractivity contribution in [3.8, 4) is 0 Å². The number of nitrogens with zero attached hydrogens (tertiary/aromatic N) is 4. The van der Waals surface area contributed by atoms with Gasteiger partial charge in [0.05, 0.1) is 34.9 Å². The van der Waals surface area contributed by atoms with Gasteiger partial charge in [0.15, 0.2) is 5.13 Å². The minimum Gasteiger partial charge on any atom is -0.467 e. The molecular weight excluding hydrogens is 504 g/mol. The number of ether oxygens (including phenoxy) is 1. The van der Waals surface area contributed by atoms with Gasteiger partial charge in [0, 0.05) is 24.2 Å². The fraction of sp³-hybridized carbons (Fsp3) is 0.292. The highest BCUT2D eigenvalue weighted by atomic mass is 35.5. The van der Waals surface area contributed by atoms with Crippen molar-refractivity contribution in [1.82, 2.24) is 24.8 Å². The summed E-state index contributed by atoms with van der Waals surface area (Å²) in [6.07, 6.45) is 1.28. The number of esters is 1. The minimum absolute atomic E-state index is 0.207. The molecule has 4 aromatic rings. The monoisotopic (exact) mass is 526 g/mol. The molecule has 0 spiro atoms. The summed E-state index contributed by atoms with van der Waals surface area (Å²) in [4.78, 5) is 47.9. The number of aryl methyl sites for hydroxylation is 1. The summed E-state index contributed by atoms with van der Waals surface area (Å²) in [5, 5.41) is 7.21. The van der Waals surface area contributed by atoms with Gasteiger partial charge in [-0.3, -0.25) is 9.59 Å². The van der Waals surface area contributed by atoms with Gasteiger partial charge in [-0.25, -0.2) is 14.8 Å². The van der Waals surface area contributed by atoms with Crippen LogP contribution in [0, 0.1) is 0 Å². The second-order valence-electron chi connectivity index (χ2n) is 8.40. The standard InChI is InChI=1S/C24H23ClN6O4S/c1-30-17-8-5-13(21(33)26-12-20(32)31-9-3-4-18(31)22(34)35-2)10-16(17)27-23(30)29-24-28-15-7-6-14(25)11-19(15)36-24/h5-8,10-11,18H,3-4,9,12H2,1-2H3,(H,26,33)(H,27,28,29)/t18-/m0/s1. The number of carbonyl (C=O) groups excluding carboxylic acids is 3. The van der Waals surface area contributed by atoms with Crippen molar-refractivity contribution in [1.29, 1.82) is 0 Å². The molecule has 1 atom stereocenters. The molecule has 0 unspecified atom stereocenters. The van der Waals surface area contributed by atoms with Crippen LogP contribution in [0.5, 0.6) is 0 Å². The number of carbonyl (C=O) groups is 3. The lowest BCUT2D eigenvalue weighted by molar-refractivity contribution is -0.150. The predicted molar refractivity (Wildman–Crippen MR) is 138 cm³/mol. The van der Waals surface area contributed by atoms with Crippen molar-refractivity contribution in [2.24, 2.45) is 7.05 Å². The number of likely N-dealkylation sites (tertiary alicyclic amines) is 1. The molecule has 1 aliphatic heterocycles. The summed E-state index contributed by atoms with van der Waals surface area (Å²) < 4.78 is 7.61. The number of benzene rings is 2. The molecule has 5 rings (SSSR count). The average molecular weight is 527 g/mol. The van der Waals surface area contributed by atoms with Crippen molar-refractivity contribution in [2.45, 2.75) is 18.9 Å². The van der Waals surface area contributed by atoms with Gasteiger partial charge < -0.3 is 24.8 Å². The molecule has 1 fully saturated rings. The Morgan fingerprint density at radius 2 is 2.00 bits per heavy atom. The normalized spacial score (nSPS) is 15.4. The third-order valence-electron chi connectivity index (χ3n) is 6.16. The Labute approximate surface area is 215 Å². The van der Waals surface area contributed by atoms with Crippen LogP contribution < -0.4 is 10.6 Å². The molecule has 2 aromatic carbocycles. The van der Waals surface area contributed by atoms with E-state index in [0.717, 1.165) is 22.2 Å². The first kappa shape index (κ1) is 24.0. The Balaban J connectivity index is 1.28. The Bertz CT molecular complexity index is 1500. The van der Waals surface area contributed by atoms with E-state index in [1.807, 2.05) is 23.7 Å². The zero-order chi connectivity index (χ0) is 25.4. The van der Waals surface area contributed by atoms with E-state index >= 15 is 0 Å². The third kappa shape index (κ3) is 4.59. The predicted octanol–water partition coefficient (Wildman–Crippen LogP) is 3.47. The highest BCUT2D eigenvalue weighted by Crippen LogP contribution is 2.31. The zero-order valence-electron chi connectivity index (χ0n) is 19.6. The number of halogens is 1. The summed E-state index contributed by atoms with van der Waals surface area (Å²) in [7, 11) is 3.17. The number of thiazole rings is 1. The number of hydrogen-bond donors (Lipinski definition) is 2. The van der Waals surface area contributed by atoms with E-state index in [1.54, 1.807) is 24.3 Å². The highest BCUT2D eigenvalue weighted by Gasteiger charge is 2.34. The SMILES string of the molecule is COC(=O)[C@@H]1CCCN1C(=O)CNC(=O)c1ccc2c(c1)nc(Nc1nc3ccc(Cl)cc3s1)n2C. The fourth-order valence-electron chi connectivity index (χ4n) is 4.31. The second kappa shape index (κ2) is 9.75. The Morgan fingerprint density at radius 3 is 2.81 bits per heavy atom. The number of aromatic nitrogens is 3. The van der Waals surface area contributed by atoms with E-state index in [9.17, 15) is 14.4 Å². The summed E-state index contributed by atoms with van der Waals surface area (Å²) >= 11 is 7.54. The lowest BCUT2D eigenvalue weighted by atomic mass is 10.2. The summed E-state index contributed by atoms with van der Waals surface area (Å²) in [6.45, 7) is 0.257. The molecule has 3 heterocycles. The number of methoxy groups -OCH3 is 1. The van der Waals surface area contributed by atoms with E-state index in [1.165, 1.54) is 23.3 Å². The Morgan fingerprint density at radius 1 is 1.17 bits per heavy atom. The molecule has 0 radical (unpaired) electrons. The molecule has 1 aliphatic rings. The molecule has 36 heavy (non-hydrogen) atoms. The number of amides is 2. The van der Waals surface area contributed by atoms with Crippen LogP contribution in [-0.4, -0.2) is 63.5 Å². The second-order valence-corrected chi connectivity index (χ2v) is 9.87. The quantitative estimate of drug-likeness (QED) is 0.369. The number of fused-ring (bicyclic) bond motifs is 2. The molecule has 2 amide bonds. The first-order valence-electron chi connectivity index (χ1n) is 11.3. The van der Waals surface area contributed by atoms with Gasteiger partial charge in [0.1, 0.15) is 6.04 Å². The number of rotatable bonds is 6. The van der Waals surface area contributed by atoms with Crippen molar-refractivity contribution in [3.05, 3.63) is 47.0 Å². The van der Waals surface area contributed by atoms with Crippen LogP contribution >= 0.6 is 22.9 Å². The Hall–Kier alpha value is -3.70. The van der Waals surface area contributed by atoms with Crippen LogP contribution in [0.15, 0.2) is 36.4 Å². The summed E-state index contributed by atoms with van der Waals surface area (Å²) in [6, 6.07) is 10.1. The minimum atomic E-state index is -0.595. The maximum Gasteiger partial charge on any atom is 0.328 e. The van der Waals surface area contributed by atoms with E-state index in [4.69, 9.17) is 16.3 Å². The van der Waals surface area contributed by atoms with Gasteiger partial charge in [-0.05, 0) is 49.2 Å². The highest BCUT2D eigenvalue weighted by molar-refractivity contribution is 7.22. The molecule has 0 saturated carbocycles. The molecular formula is C24H23ClN6O4S. The summed E-state index contributed by atoms with van der Waals surface area (Å²) in [5.74, 6) is -0.585. The summed E-state index contributed by atoms with van der Waals surface area (Å²) in [5.41, 5.74) is 2.66. The number of nitrogens with one attached hydrogen (secondary N) is 2. The molecule has 0 bridgehead atoms. The van der Waals surface area contributed by atoms with Crippen molar-refractivity contribution in [3.63, 3.8) is 0 Å². The van der Waals surface area contributed by atoms with E-state index in [2.05, 4.69) is 20.6 Å². The van der Waals surface area contributed by atoms with Crippen molar-refractivity contribution < 1.29 is 19.1 Å². The third-order valence-corrected chi connectivity index (χ3v) is 7.33. The van der Waals surface area contributed by atoms with Gasteiger partial charge in [0.25, 0.3) is 5.91 Å². The first-order chi connectivity index (χ1) is 17.3. The lowest BCUT2D eigenvalue weighted by Gasteiger charge is -2.22. The topological polar surface area (TPSA) is 118 Å². The van der Waals surface area contributed by atoms with Crippen molar-refractivity contribution in [2.75, 3.05) is 25.5 Å². The molecule has 12 heteroatoms. The molecule has 2 N–H and O–H groups in total. The van der Waals surface area contributed by atoms with Crippen LogP contribution in [-0.2, 0) is 21.4 Å². The maximum atomic E-state index is 12.7. The van der Waals surface area contributed by atoms with E-state index < -0.39 is 17.9 Å². The van der Waals surface area contributed by atoms with Crippen LogP contribution in [0.1, 0.15) is 23.2 Å². The van der Waals surface area contributed by atoms with Crippen LogP contribution in [0.25, 0.3) is 21.3 Å². The molecule has 2 aromatic heterocycles. The fourth-order valence-corrected chi connectivity index (χ4v) is 5.44. The average Bonchev–Trinajstić information content (AvgIpc) is 3.59. The van der Waals surface area contributed by atoms with E-state index in [-0.39, 0.29) is 12.5 Å². The smallest absolute Gasteiger partial charge is 0.328 e. The van der Waals surface area contributed by atoms with Gasteiger partial charge >= 0.3 is 5.97 Å². The molecule has 0 aliphatic carbocycles. The van der Waals surface area contributed by atoms with Crippen molar-refractivity contribution >= 4 is 73.1 Å². The van der Waals surface area contributed by atoms with Gasteiger partial charge in [-0.2, -0.15) is 0 Å². The van der Waals surface area contributed by atoms with Gasteiger partial charge in [-0.1, -0.05) is 22.9 Å². The molecule has 10 nitrogen and oxygen atoms in total. The number of imidazole rings is 1. The number of hydrogen-bond acceptors (Lipinski definition) is 8. The molecule has 1 saturated heterocycles. The van der Waals surface area contributed by atoms with Crippen LogP contribution in [0.3, 0.4) is 0 Å². The largest absolute Gasteiger partial charge is 0.467 e. The molecule has 186 valence electrons. The van der Waals surface area contributed by atoms with Gasteiger partial charge in [0.2, 0.25) is 11.9 Å². The first-order valence-corrected chi connectivity index (χ1v) is 12.5. The van der Waals surface area contributed by atoms with Gasteiger partial charge in [-0.15, -0.1) is 0 Å².